The number of carbonyl (C=O) groups is 1. The second kappa shape index (κ2) is 13.0. The van der Waals surface area contributed by atoms with Crippen molar-refractivity contribution in [3.63, 3.8) is 0 Å². The molecule has 38 heavy (non-hydrogen) atoms. The molecular formula is C30H32F3NO4. The number of carbonyl (C=O) groups excluding carboxylic acids is 1. The van der Waals surface area contributed by atoms with Crippen molar-refractivity contribution in [2.24, 2.45) is 0 Å². The second-order valence-electron chi connectivity index (χ2n) is 9.37. The van der Waals surface area contributed by atoms with Gasteiger partial charge in [-0.05, 0) is 47.1 Å². The van der Waals surface area contributed by atoms with E-state index in [0.717, 1.165) is 45.7 Å². The van der Waals surface area contributed by atoms with Gasteiger partial charge < -0.3 is 14.3 Å². The third kappa shape index (κ3) is 7.43. The van der Waals surface area contributed by atoms with Gasteiger partial charge in [-0.2, -0.15) is 13.2 Å². The SMILES string of the molecule is COCCCc1ccccc1CO[C@H]1CN(OC(=O)C(F)(F)F)CC[C@@H]1c1cccc(-c2ccccc2)c1. The van der Waals surface area contributed by atoms with Gasteiger partial charge in [0.25, 0.3) is 0 Å². The maximum atomic E-state index is 12.8. The molecule has 0 aliphatic carbocycles. The van der Waals surface area contributed by atoms with Crippen LogP contribution >= 0.6 is 0 Å². The van der Waals surface area contributed by atoms with Crippen molar-refractivity contribution in [1.82, 2.24) is 5.06 Å². The Morgan fingerprint density at radius 3 is 2.39 bits per heavy atom. The Morgan fingerprint density at radius 1 is 0.947 bits per heavy atom. The second-order valence-corrected chi connectivity index (χ2v) is 9.37. The highest BCUT2D eigenvalue weighted by molar-refractivity contribution is 5.75. The van der Waals surface area contributed by atoms with E-state index in [1.165, 1.54) is 0 Å². The summed E-state index contributed by atoms with van der Waals surface area (Å²) in [5, 5.41) is 1.07. The minimum absolute atomic E-state index is 0.0356. The first-order chi connectivity index (χ1) is 18.3. The van der Waals surface area contributed by atoms with E-state index in [2.05, 4.69) is 10.9 Å². The molecule has 1 aliphatic heterocycles. The largest absolute Gasteiger partial charge is 0.492 e. The molecule has 0 saturated carbocycles. The van der Waals surface area contributed by atoms with Crippen molar-refractivity contribution in [2.75, 3.05) is 26.8 Å². The first-order valence-corrected chi connectivity index (χ1v) is 12.7. The standard InChI is InChI=1S/C30H32F3NO4/c1-36-18-8-15-23-11-5-6-12-26(23)21-37-28-20-34(38-29(35)30(31,32)33)17-16-27(28)25-14-7-13-24(19-25)22-9-3-2-4-10-22/h2-7,9-14,19,27-28H,8,15-18,20-21H2,1H3/t27-,28+/m1/s1. The molecule has 5 nitrogen and oxygen atoms in total. The lowest BCUT2D eigenvalue weighted by Gasteiger charge is -2.37. The maximum Gasteiger partial charge on any atom is 0.492 e. The van der Waals surface area contributed by atoms with Crippen LogP contribution in [0.5, 0.6) is 0 Å². The molecule has 1 heterocycles. The van der Waals surface area contributed by atoms with Crippen molar-refractivity contribution in [2.45, 2.75) is 44.1 Å². The van der Waals surface area contributed by atoms with Crippen LogP contribution in [0.15, 0.2) is 78.9 Å². The van der Waals surface area contributed by atoms with Gasteiger partial charge in [-0.25, -0.2) is 4.79 Å². The molecule has 4 rings (SSSR count). The Balaban J connectivity index is 1.54. The molecule has 3 aromatic rings. The summed E-state index contributed by atoms with van der Waals surface area (Å²) in [7, 11) is 1.67. The lowest BCUT2D eigenvalue weighted by molar-refractivity contribution is -0.248. The first-order valence-electron chi connectivity index (χ1n) is 12.7. The van der Waals surface area contributed by atoms with E-state index in [-0.39, 0.29) is 19.0 Å². The number of methoxy groups -OCH3 is 1. The monoisotopic (exact) mass is 527 g/mol. The number of benzene rings is 3. The van der Waals surface area contributed by atoms with Crippen LogP contribution < -0.4 is 0 Å². The number of nitrogens with zero attached hydrogens (tertiary/aromatic N) is 1. The fraction of sp³-hybridized carbons (Fsp3) is 0.367. The van der Waals surface area contributed by atoms with Crippen molar-refractivity contribution in [3.05, 3.63) is 95.6 Å². The zero-order valence-corrected chi connectivity index (χ0v) is 21.3. The van der Waals surface area contributed by atoms with E-state index in [1.807, 2.05) is 72.8 Å². The quantitative estimate of drug-likeness (QED) is 0.289. The molecule has 0 amide bonds. The molecule has 0 aromatic heterocycles. The molecule has 202 valence electrons. The van der Waals surface area contributed by atoms with E-state index in [4.69, 9.17) is 9.47 Å². The molecule has 0 radical (unpaired) electrons. The smallest absolute Gasteiger partial charge is 0.385 e. The van der Waals surface area contributed by atoms with Crippen molar-refractivity contribution in [3.8, 4) is 11.1 Å². The van der Waals surface area contributed by atoms with Crippen LogP contribution in [-0.2, 0) is 32.1 Å². The molecule has 0 bridgehead atoms. The fourth-order valence-corrected chi connectivity index (χ4v) is 4.82. The number of hydroxylamine groups is 2. The van der Waals surface area contributed by atoms with Crippen LogP contribution in [0, 0.1) is 0 Å². The Labute approximate surface area is 221 Å². The summed E-state index contributed by atoms with van der Waals surface area (Å²) in [6, 6.07) is 26.1. The predicted molar refractivity (Wildman–Crippen MR) is 138 cm³/mol. The molecule has 8 heteroatoms. The van der Waals surface area contributed by atoms with Gasteiger partial charge in [-0.1, -0.05) is 78.9 Å². The maximum absolute atomic E-state index is 12.8. The average Bonchev–Trinajstić information content (AvgIpc) is 2.93. The summed E-state index contributed by atoms with van der Waals surface area (Å²) in [6.07, 6.45) is -3.37. The highest BCUT2D eigenvalue weighted by Crippen LogP contribution is 2.34. The number of aryl methyl sites for hydroxylation is 1. The molecular weight excluding hydrogens is 495 g/mol. The van der Waals surface area contributed by atoms with Crippen LogP contribution in [0.25, 0.3) is 11.1 Å². The fourth-order valence-electron chi connectivity index (χ4n) is 4.82. The minimum atomic E-state index is -5.06. The van der Waals surface area contributed by atoms with Crippen molar-refractivity contribution in [1.29, 1.82) is 0 Å². The number of piperidine rings is 1. The van der Waals surface area contributed by atoms with Gasteiger partial charge in [-0.15, -0.1) is 5.06 Å². The van der Waals surface area contributed by atoms with E-state index in [1.54, 1.807) is 7.11 Å². The van der Waals surface area contributed by atoms with Crippen LogP contribution in [0.2, 0.25) is 0 Å². The third-order valence-corrected chi connectivity index (χ3v) is 6.75. The highest BCUT2D eigenvalue weighted by atomic mass is 19.4. The Kier molecular flexibility index (Phi) is 9.55. The Morgan fingerprint density at radius 2 is 1.66 bits per heavy atom. The van der Waals surface area contributed by atoms with Crippen LogP contribution in [0.4, 0.5) is 13.2 Å². The summed E-state index contributed by atoms with van der Waals surface area (Å²) in [4.78, 5) is 16.2. The van der Waals surface area contributed by atoms with Gasteiger partial charge in [0.15, 0.2) is 0 Å². The summed E-state index contributed by atoms with van der Waals surface area (Å²) in [5.74, 6) is -2.30. The average molecular weight is 528 g/mol. The van der Waals surface area contributed by atoms with Crippen LogP contribution in [0.1, 0.15) is 35.4 Å². The number of ether oxygens (including phenoxy) is 2. The number of rotatable bonds is 10. The molecule has 1 aliphatic rings. The van der Waals surface area contributed by atoms with Gasteiger partial charge in [0.1, 0.15) is 0 Å². The predicted octanol–water partition coefficient (Wildman–Crippen LogP) is 6.33. The molecule has 0 spiro atoms. The minimum Gasteiger partial charge on any atom is -0.385 e. The molecule has 1 fully saturated rings. The molecule has 0 unspecified atom stereocenters. The zero-order valence-electron chi connectivity index (χ0n) is 21.3. The number of alkyl halides is 3. The number of hydrogen-bond donors (Lipinski definition) is 0. The highest BCUT2D eigenvalue weighted by Gasteiger charge is 2.44. The summed E-state index contributed by atoms with van der Waals surface area (Å²) >= 11 is 0. The number of hydrogen-bond acceptors (Lipinski definition) is 5. The zero-order chi connectivity index (χ0) is 27.0. The van der Waals surface area contributed by atoms with Crippen LogP contribution in [-0.4, -0.2) is 50.1 Å². The van der Waals surface area contributed by atoms with Crippen molar-refractivity contribution >= 4 is 5.97 Å². The molecule has 2 atom stereocenters. The summed E-state index contributed by atoms with van der Waals surface area (Å²) < 4.78 is 50.1. The van der Waals surface area contributed by atoms with Crippen molar-refractivity contribution < 1.29 is 32.3 Å². The lowest BCUT2D eigenvalue weighted by Crippen LogP contribution is -2.46. The third-order valence-electron chi connectivity index (χ3n) is 6.75. The lowest BCUT2D eigenvalue weighted by atomic mass is 9.86. The van der Waals surface area contributed by atoms with Gasteiger partial charge in [0.05, 0.1) is 19.3 Å². The number of halogens is 3. The Hall–Kier alpha value is -3.20. The van der Waals surface area contributed by atoms with Crippen LogP contribution in [0.3, 0.4) is 0 Å². The van der Waals surface area contributed by atoms with Gasteiger partial charge in [0.2, 0.25) is 0 Å². The van der Waals surface area contributed by atoms with Gasteiger partial charge >= 0.3 is 12.1 Å². The molecule has 1 saturated heterocycles. The topological polar surface area (TPSA) is 48.0 Å². The molecule has 3 aromatic carbocycles. The van der Waals surface area contributed by atoms with Gasteiger partial charge in [0, 0.05) is 26.2 Å². The molecule has 0 N–H and O–H groups in total. The van der Waals surface area contributed by atoms with Gasteiger partial charge in [-0.3, -0.25) is 0 Å². The summed E-state index contributed by atoms with van der Waals surface area (Å²) in [5.41, 5.74) is 5.32. The van der Waals surface area contributed by atoms with E-state index < -0.39 is 18.2 Å². The van der Waals surface area contributed by atoms with E-state index in [9.17, 15) is 18.0 Å². The first kappa shape index (κ1) is 27.8. The summed E-state index contributed by atoms with van der Waals surface area (Å²) in [6.45, 7) is 1.16. The van der Waals surface area contributed by atoms with E-state index >= 15 is 0 Å². The normalized spacial score (nSPS) is 18.3. The Bertz CT molecular complexity index is 1190. The van der Waals surface area contributed by atoms with E-state index in [0.29, 0.717) is 19.6 Å².